The van der Waals surface area contributed by atoms with E-state index >= 15 is 0 Å². The molecule has 5 rings (SSSR count). The Bertz CT molecular complexity index is 688. The molecule has 1 fully saturated rings. The molecule has 0 amide bonds. The van der Waals surface area contributed by atoms with Gasteiger partial charge >= 0.3 is 0 Å². The van der Waals surface area contributed by atoms with Gasteiger partial charge in [0, 0.05) is 22.9 Å². The highest BCUT2D eigenvalue weighted by atomic mass is 35.5. The molecule has 2 bridgehead atoms. The molecule has 1 aromatic carbocycles. The van der Waals surface area contributed by atoms with Crippen LogP contribution in [0, 0.1) is 5.92 Å². The van der Waals surface area contributed by atoms with Crippen molar-refractivity contribution in [3.63, 3.8) is 0 Å². The zero-order valence-electron chi connectivity index (χ0n) is 12.9. The molecule has 1 spiro atoms. The molecule has 5 atom stereocenters. The van der Waals surface area contributed by atoms with E-state index in [-0.39, 0.29) is 16.9 Å². The van der Waals surface area contributed by atoms with E-state index < -0.39 is 0 Å². The Labute approximate surface area is 135 Å². The number of hydrogen-bond donors (Lipinski definition) is 0. The zero-order valence-corrected chi connectivity index (χ0v) is 13.6. The van der Waals surface area contributed by atoms with Crippen molar-refractivity contribution < 1.29 is 9.47 Å². The van der Waals surface area contributed by atoms with Crippen LogP contribution in [0.4, 0.5) is 0 Å². The van der Waals surface area contributed by atoms with Crippen molar-refractivity contribution in [3.8, 4) is 11.5 Å². The number of likely N-dealkylation sites (tertiary alicyclic amines) is 1. The Balaban J connectivity index is 1.82. The van der Waals surface area contributed by atoms with Crippen molar-refractivity contribution in [1.82, 2.24) is 4.90 Å². The standard InChI is InChI=1S/C18H20ClNO2/c1-20-8-7-18-11-4-5-12(19)17(18)22-16-14(21-2)6-3-10(15(16)18)9-13(11)20/h3-6,11-13,17H,7-9H2,1-2H3/t11-,12?,13+,17-,18-/m0/s1. The number of methoxy groups -OCH3 is 1. The molecule has 0 aromatic heterocycles. The Hall–Kier alpha value is -1.19. The monoisotopic (exact) mass is 317 g/mol. The minimum Gasteiger partial charge on any atom is -0.493 e. The van der Waals surface area contributed by atoms with Crippen LogP contribution in [0.2, 0.25) is 0 Å². The summed E-state index contributed by atoms with van der Waals surface area (Å²) in [7, 11) is 3.97. The number of alkyl halides is 1. The second-order valence-electron chi connectivity index (χ2n) is 7.07. The summed E-state index contributed by atoms with van der Waals surface area (Å²) in [6.07, 6.45) is 6.73. The summed E-state index contributed by atoms with van der Waals surface area (Å²) in [6.45, 7) is 1.11. The smallest absolute Gasteiger partial charge is 0.165 e. The average molecular weight is 318 g/mol. The first-order valence-electron chi connectivity index (χ1n) is 8.06. The molecule has 22 heavy (non-hydrogen) atoms. The van der Waals surface area contributed by atoms with Crippen molar-refractivity contribution in [2.75, 3.05) is 20.7 Å². The van der Waals surface area contributed by atoms with E-state index in [0.717, 1.165) is 30.9 Å². The summed E-state index contributed by atoms with van der Waals surface area (Å²) < 4.78 is 12.0. The number of benzene rings is 1. The van der Waals surface area contributed by atoms with E-state index in [9.17, 15) is 0 Å². The molecule has 0 radical (unpaired) electrons. The molecule has 0 saturated carbocycles. The number of halogens is 1. The van der Waals surface area contributed by atoms with Crippen molar-refractivity contribution >= 4 is 11.6 Å². The van der Waals surface area contributed by atoms with Crippen LogP contribution in [0.25, 0.3) is 0 Å². The van der Waals surface area contributed by atoms with Crippen LogP contribution in [0.5, 0.6) is 11.5 Å². The highest BCUT2D eigenvalue weighted by molar-refractivity contribution is 6.22. The lowest BCUT2D eigenvalue weighted by Gasteiger charge is -2.56. The fourth-order valence-electron chi connectivity index (χ4n) is 5.36. The van der Waals surface area contributed by atoms with E-state index in [0.29, 0.717) is 12.0 Å². The van der Waals surface area contributed by atoms with Crippen molar-refractivity contribution in [2.45, 2.75) is 35.8 Å². The van der Waals surface area contributed by atoms with Gasteiger partial charge in [0.1, 0.15) is 6.10 Å². The predicted octanol–water partition coefficient (Wildman–Crippen LogP) is 2.75. The Morgan fingerprint density at radius 3 is 3.05 bits per heavy atom. The molecule has 116 valence electrons. The molecular formula is C18H20ClNO2. The number of ether oxygens (including phenoxy) is 2. The Kier molecular flexibility index (Phi) is 2.54. The summed E-state index contributed by atoms with van der Waals surface area (Å²) in [5, 5.41) is -0.0663. The highest BCUT2D eigenvalue weighted by Gasteiger charge is 2.64. The van der Waals surface area contributed by atoms with Crippen LogP contribution < -0.4 is 9.47 Å². The van der Waals surface area contributed by atoms with E-state index in [4.69, 9.17) is 21.1 Å². The molecule has 2 heterocycles. The minimum atomic E-state index is -0.0663. The van der Waals surface area contributed by atoms with E-state index in [2.05, 4.69) is 36.2 Å². The molecule has 1 unspecified atom stereocenters. The van der Waals surface area contributed by atoms with Gasteiger partial charge in [-0.25, -0.2) is 0 Å². The number of nitrogens with zero attached hydrogens (tertiary/aromatic N) is 1. The fraction of sp³-hybridized carbons (Fsp3) is 0.556. The van der Waals surface area contributed by atoms with E-state index in [1.165, 1.54) is 11.1 Å². The maximum Gasteiger partial charge on any atom is 0.165 e. The topological polar surface area (TPSA) is 21.7 Å². The summed E-state index contributed by atoms with van der Waals surface area (Å²) in [6, 6.07) is 4.83. The predicted molar refractivity (Wildman–Crippen MR) is 86.1 cm³/mol. The van der Waals surface area contributed by atoms with Gasteiger partial charge < -0.3 is 14.4 Å². The molecule has 1 aromatic rings. The van der Waals surface area contributed by atoms with Crippen LogP contribution in [0.1, 0.15) is 17.5 Å². The van der Waals surface area contributed by atoms with Gasteiger partial charge in [0.05, 0.1) is 12.5 Å². The number of likely N-dealkylation sites (N-methyl/N-ethyl adjacent to an activating group) is 1. The Morgan fingerprint density at radius 1 is 1.36 bits per heavy atom. The molecule has 4 heteroatoms. The summed E-state index contributed by atoms with van der Waals surface area (Å²) in [5.74, 6) is 2.29. The third kappa shape index (κ3) is 1.34. The first-order chi connectivity index (χ1) is 10.7. The Morgan fingerprint density at radius 2 is 2.23 bits per heavy atom. The number of hydrogen-bond acceptors (Lipinski definition) is 3. The number of rotatable bonds is 1. The molecule has 2 aliphatic heterocycles. The average Bonchev–Trinajstić information content (AvgIpc) is 2.88. The third-order valence-electron chi connectivity index (χ3n) is 6.32. The molecule has 0 N–H and O–H groups in total. The van der Waals surface area contributed by atoms with Gasteiger partial charge in [0.25, 0.3) is 0 Å². The number of piperidine rings is 1. The van der Waals surface area contributed by atoms with Gasteiger partial charge in [0.15, 0.2) is 11.5 Å². The lowest BCUT2D eigenvalue weighted by atomic mass is 9.53. The third-order valence-corrected chi connectivity index (χ3v) is 6.69. The SMILES string of the molecule is COc1ccc2c3c1O[C@H]1C(Cl)C=C[C@H]4[C@@H](C2)N(C)CC[C@]314. The van der Waals surface area contributed by atoms with Gasteiger partial charge in [-0.2, -0.15) is 0 Å². The van der Waals surface area contributed by atoms with Gasteiger partial charge in [-0.15, -0.1) is 11.6 Å². The lowest BCUT2D eigenvalue weighted by Crippen LogP contribution is -2.64. The molecule has 3 nitrogen and oxygen atoms in total. The van der Waals surface area contributed by atoms with Crippen LogP contribution in [0.15, 0.2) is 24.3 Å². The molecule has 1 saturated heterocycles. The maximum atomic E-state index is 6.66. The molecule has 4 aliphatic rings. The van der Waals surface area contributed by atoms with Gasteiger partial charge in [-0.05, 0) is 38.1 Å². The second kappa shape index (κ2) is 4.21. The van der Waals surface area contributed by atoms with Crippen LogP contribution >= 0.6 is 11.6 Å². The normalized spacial score (nSPS) is 41.0. The van der Waals surface area contributed by atoms with Crippen molar-refractivity contribution in [2.24, 2.45) is 5.92 Å². The second-order valence-corrected chi connectivity index (χ2v) is 7.57. The zero-order chi connectivity index (χ0) is 15.1. The van der Waals surface area contributed by atoms with Gasteiger partial charge in [-0.1, -0.05) is 18.2 Å². The quantitative estimate of drug-likeness (QED) is 0.587. The van der Waals surface area contributed by atoms with Crippen molar-refractivity contribution in [3.05, 3.63) is 35.4 Å². The molecular weight excluding hydrogens is 298 g/mol. The van der Waals surface area contributed by atoms with E-state index in [1.807, 2.05) is 0 Å². The first-order valence-corrected chi connectivity index (χ1v) is 8.50. The summed E-state index contributed by atoms with van der Waals surface area (Å²) >= 11 is 6.66. The maximum absolute atomic E-state index is 6.66. The summed E-state index contributed by atoms with van der Waals surface area (Å²) in [5.41, 5.74) is 2.85. The van der Waals surface area contributed by atoms with Crippen LogP contribution in [-0.2, 0) is 11.8 Å². The minimum absolute atomic E-state index is 0.0331. The van der Waals surface area contributed by atoms with Gasteiger partial charge in [0.2, 0.25) is 0 Å². The van der Waals surface area contributed by atoms with Crippen LogP contribution in [0.3, 0.4) is 0 Å². The summed E-state index contributed by atoms with van der Waals surface area (Å²) in [4.78, 5) is 2.51. The highest BCUT2D eigenvalue weighted by Crippen LogP contribution is 2.62. The largest absolute Gasteiger partial charge is 0.493 e. The lowest BCUT2D eigenvalue weighted by molar-refractivity contribution is 0.00341. The van der Waals surface area contributed by atoms with E-state index in [1.54, 1.807) is 7.11 Å². The van der Waals surface area contributed by atoms with Crippen LogP contribution in [-0.4, -0.2) is 43.1 Å². The van der Waals surface area contributed by atoms with Crippen molar-refractivity contribution in [1.29, 1.82) is 0 Å². The molecule has 2 aliphatic carbocycles. The van der Waals surface area contributed by atoms with Gasteiger partial charge in [-0.3, -0.25) is 0 Å². The first kappa shape index (κ1) is 13.3. The fourth-order valence-corrected chi connectivity index (χ4v) is 5.72.